The van der Waals surface area contributed by atoms with E-state index in [2.05, 4.69) is 5.32 Å². The monoisotopic (exact) mass is 583 g/mol. The van der Waals surface area contributed by atoms with Gasteiger partial charge < -0.3 is 10.2 Å². The van der Waals surface area contributed by atoms with Gasteiger partial charge in [0.05, 0.1) is 11.9 Å². The van der Waals surface area contributed by atoms with Crippen LogP contribution in [0.1, 0.15) is 43.0 Å². The quantitative estimate of drug-likeness (QED) is 0.352. The molecule has 0 saturated heterocycles. The number of anilines is 1. The van der Waals surface area contributed by atoms with Gasteiger partial charge in [-0.1, -0.05) is 66.2 Å². The summed E-state index contributed by atoms with van der Waals surface area (Å²) < 4.78 is 27.0. The molecule has 0 radical (unpaired) electrons. The maximum atomic E-state index is 14.1. The topological polar surface area (TPSA) is 86.8 Å². The molecule has 0 fully saturated rings. The van der Waals surface area contributed by atoms with E-state index in [1.54, 1.807) is 30.3 Å². The Morgan fingerprint density at radius 3 is 2.12 bits per heavy atom. The average Bonchev–Trinajstić information content (AvgIpc) is 2.86. The number of nitrogens with one attached hydrogen (secondary N) is 1. The van der Waals surface area contributed by atoms with Gasteiger partial charge in [-0.25, -0.2) is 8.42 Å². The van der Waals surface area contributed by atoms with E-state index in [9.17, 15) is 18.0 Å². The number of sulfonamides is 1. The standard InChI is InChI=1S/C31H38ClN3O4S/c1-22-16-17-26(18-23(22)2)35(40(6,38)39)21-29(36)34(20-25-14-10-11-15-27(25)32)28(30(37)33-31(3,4)5)19-24-12-8-7-9-13-24/h7-18,28H,19-21H2,1-6H3,(H,33,37)/t28-/m0/s1. The Hall–Kier alpha value is -3.36. The number of benzene rings is 3. The number of halogens is 1. The van der Waals surface area contributed by atoms with Crippen molar-refractivity contribution in [1.82, 2.24) is 10.2 Å². The van der Waals surface area contributed by atoms with Crippen molar-refractivity contribution in [1.29, 1.82) is 0 Å². The molecule has 40 heavy (non-hydrogen) atoms. The molecule has 214 valence electrons. The second kappa shape index (κ2) is 12.9. The second-order valence-corrected chi connectivity index (χ2v) is 13.4. The summed E-state index contributed by atoms with van der Waals surface area (Å²) in [4.78, 5) is 29.3. The van der Waals surface area contributed by atoms with E-state index >= 15 is 0 Å². The number of carbonyl (C=O) groups is 2. The fourth-order valence-electron chi connectivity index (χ4n) is 4.31. The molecular formula is C31H38ClN3O4S. The fourth-order valence-corrected chi connectivity index (χ4v) is 5.35. The third-order valence-corrected chi connectivity index (χ3v) is 8.03. The average molecular weight is 584 g/mol. The number of hydrogen-bond acceptors (Lipinski definition) is 4. The van der Waals surface area contributed by atoms with Crippen molar-refractivity contribution in [3.05, 3.63) is 100 Å². The highest BCUT2D eigenvalue weighted by molar-refractivity contribution is 7.92. The maximum absolute atomic E-state index is 14.1. The number of amides is 2. The Bertz CT molecular complexity index is 1450. The number of aryl methyl sites for hydroxylation is 2. The molecule has 0 spiro atoms. The van der Waals surface area contributed by atoms with Crippen molar-refractivity contribution < 1.29 is 18.0 Å². The first-order valence-corrected chi connectivity index (χ1v) is 15.3. The fraction of sp³-hybridized carbons (Fsp3) is 0.355. The Morgan fingerprint density at radius 1 is 0.925 bits per heavy atom. The number of hydrogen-bond donors (Lipinski definition) is 1. The third kappa shape index (κ3) is 8.57. The first-order valence-electron chi connectivity index (χ1n) is 13.1. The molecule has 0 aliphatic heterocycles. The van der Waals surface area contributed by atoms with Gasteiger partial charge in [0.1, 0.15) is 12.6 Å². The van der Waals surface area contributed by atoms with Gasteiger partial charge in [-0.05, 0) is 75.1 Å². The van der Waals surface area contributed by atoms with Crippen LogP contribution in [0.3, 0.4) is 0 Å². The Kier molecular flexibility index (Phi) is 10.0. The van der Waals surface area contributed by atoms with E-state index in [4.69, 9.17) is 11.6 Å². The minimum atomic E-state index is -3.83. The van der Waals surface area contributed by atoms with Crippen LogP contribution in [0.4, 0.5) is 5.69 Å². The molecule has 1 N–H and O–H groups in total. The van der Waals surface area contributed by atoms with Crippen LogP contribution in [0.2, 0.25) is 5.02 Å². The molecule has 0 bridgehead atoms. The zero-order valence-corrected chi connectivity index (χ0v) is 25.5. The molecule has 1 atom stereocenters. The Morgan fingerprint density at radius 2 is 1.55 bits per heavy atom. The van der Waals surface area contributed by atoms with Crippen molar-refractivity contribution in [2.75, 3.05) is 17.1 Å². The lowest BCUT2D eigenvalue weighted by molar-refractivity contribution is -0.140. The highest BCUT2D eigenvalue weighted by Gasteiger charge is 2.34. The summed E-state index contributed by atoms with van der Waals surface area (Å²) in [7, 11) is -3.83. The van der Waals surface area contributed by atoms with Crippen LogP contribution in [-0.4, -0.2) is 49.5 Å². The Labute approximate surface area is 243 Å². The van der Waals surface area contributed by atoms with Crippen molar-refractivity contribution in [2.45, 2.75) is 59.2 Å². The summed E-state index contributed by atoms with van der Waals surface area (Å²) in [6, 6.07) is 20.9. The maximum Gasteiger partial charge on any atom is 0.244 e. The highest BCUT2D eigenvalue weighted by Crippen LogP contribution is 2.24. The van der Waals surface area contributed by atoms with Gasteiger partial charge in [0.15, 0.2) is 0 Å². The van der Waals surface area contributed by atoms with Crippen LogP contribution in [0, 0.1) is 13.8 Å². The smallest absolute Gasteiger partial charge is 0.244 e. The molecule has 0 aliphatic rings. The molecule has 0 aliphatic carbocycles. The minimum Gasteiger partial charge on any atom is -0.350 e. The molecule has 3 rings (SSSR count). The molecule has 3 aromatic rings. The largest absolute Gasteiger partial charge is 0.350 e. The van der Waals surface area contributed by atoms with Gasteiger partial charge in [0.2, 0.25) is 21.8 Å². The molecule has 0 saturated carbocycles. The zero-order valence-electron chi connectivity index (χ0n) is 23.9. The van der Waals surface area contributed by atoms with E-state index in [1.807, 2.05) is 77.1 Å². The zero-order chi connectivity index (χ0) is 29.7. The number of carbonyl (C=O) groups excluding carboxylic acids is 2. The van der Waals surface area contributed by atoms with Crippen LogP contribution in [0.25, 0.3) is 0 Å². The van der Waals surface area contributed by atoms with Crippen LogP contribution in [0.5, 0.6) is 0 Å². The second-order valence-electron chi connectivity index (χ2n) is 11.1. The van der Waals surface area contributed by atoms with E-state index in [0.29, 0.717) is 16.3 Å². The highest BCUT2D eigenvalue weighted by atomic mass is 35.5. The molecule has 0 heterocycles. The first-order chi connectivity index (χ1) is 18.7. The van der Waals surface area contributed by atoms with Gasteiger partial charge in [0.25, 0.3) is 0 Å². The minimum absolute atomic E-state index is 0.0259. The van der Waals surface area contributed by atoms with Crippen LogP contribution >= 0.6 is 11.6 Å². The van der Waals surface area contributed by atoms with Gasteiger partial charge in [-0.3, -0.25) is 13.9 Å². The molecule has 3 aromatic carbocycles. The van der Waals surface area contributed by atoms with E-state index in [-0.39, 0.29) is 18.9 Å². The van der Waals surface area contributed by atoms with Crippen molar-refractivity contribution in [3.63, 3.8) is 0 Å². The SMILES string of the molecule is Cc1ccc(N(CC(=O)N(Cc2ccccc2Cl)[C@@H](Cc2ccccc2)C(=O)NC(C)(C)C)S(C)(=O)=O)cc1C. The van der Waals surface area contributed by atoms with E-state index in [1.165, 1.54) is 4.90 Å². The van der Waals surface area contributed by atoms with Gasteiger partial charge >= 0.3 is 0 Å². The first kappa shape index (κ1) is 31.2. The predicted octanol–water partition coefficient (Wildman–Crippen LogP) is 5.28. The summed E-state index contributed by atoms with van der Waals surface area (Å²) >= 11 is 6.49. The van der Waals surface area contributed by atoms with Crippen molar-refractivity contribution in [2.24, 2.45) is 0 Å². The molecular weight excluding hydrogens is 546 g/mol. The summed E-state index contributed by atoms with van der Waals surface area (Å²) in [6.45, 7) is 8.99. The van der Waals surface area contributed by atoms with E-state index < -0.39 is 34.1 Å². The van der Waals surface area contributed by atoms with Crippen molar-refractivity contribution in [3.8, 4) is 0 Å². The summed E-state index contributed by atoms with van der Waals surface area (Å²) in [5.41, 5.74) is 3.25. The summed E-state index contributed by atoms with van der Waals surface area (Å²) in [5, 5.41) is 3.45. The van der Waals surface area contributed by atoms with Crippen LogP contribution < -0.4 is 9.62 Å². The third-order valence-electron chi connectivity index (χ3n) is 6.53. The van der Waals surface area contributed by atoms with Crippen LogP contribution in [0.15, 0.2) is 72.8 Å². The van der Waals surface area contributed by atoms with Gasteiger partial charge in [-0.2, -0.15) is 0 Å². The van der Waals surface area contributed by atoms with E-state index in [0.717, 1.165) is 27.3 Å². The normalized spacial score (nSPS) is 12.5. The molecule has 0 unspecified atom stereocenters. The van der Waals surface area contributed by atoms with Crippen LogP contribution in [-0.2, 0) is 32.6 Å². The van der Waals surface area contributed by atoms with Gasteiger partial charge in [-0.15, -0.1) is 0 Å². The molecule has 2 amide bonds. The number of rotatable bonds is 10. The lowest BCUT2D eigenvalue weighted by atomic mass is 10.0. The summed E-state index contributed by atoms with van der Waals surface area (Å²) in [5.74, 6) is -0.859. The van der Waals surface area contributed by atoms with Gasteiger partial charge in [0, 0.05) is 23.5 Å². The molecule has 9 heteroatoms. The summed E-state index contributed by atoms with van der Waals surface area (Å²) in [6.07, 6.45) is 1.31. The number of nitrogens with zero attached hydrogens (tertiary/aromatic N) is 2. The lowest BCUT2D eigenvalue weighted by Gasteiger charge is -2.35. The predicted molar refractivity (Wildman–Crippen MR) is 162 cm³/mol. The molecule has 0 aromatic heterocycles. The van der Waals surface area contributed by atoms with Crippen molar-refractivity contribution >= 4 is 39.1 Å². The lowest BCUT2D eigenvalue weighted by Crippen LogP contribution is -2.56. The molecule has 7 nitrogen and oxygen atoms in total. The Balaban J connectivity index is 2.10.